The molecule has 1 aromatic heterocycles. The highest BCUT2D eigenvalue weighted by atomic mass is 16.6. The number of ether oxygens (including phenoxy) is 1. The van der Waals surface area contributed by atoms with Gasteiger partial charge in [0, 0.05) is 65.0 Å². The number of piperidine rings is 2. The van der Waals surface area contributed by atoms with E-state index >= 15 is 0 Å². The number of amides is 3. The molecule has 3 saturated heterocycles. The lowest BCUT2D eigenvalue weighted by Crippen LogP contribution is -2.51. The van der Waals surface area contributed by atoms with Gasteiger partial charge in [-0.05, 0) is 64.2 Å². The third kappa shape index (κ3) is 5.83. The lowest BCUT2D eigenvalue weighted by Gasteiger charge is -2.39. The Morgan fingerprint density at radius 3 is 2.31 bits per heavy atom. The van der Waals surface area contributed by atoms with Crippen molar-refractivity contribution in [1.29, 1.82) is 0 Å². The molecule has 3 amide bonds. The quantitative estimate of drug-likeness (QED) is 0.592. The molecular weight excluding hydrogens is 500 g/mol. The average Bonchev–Trinajstić information content (AvgIpc) is 3.13. The van der Waals surface area contributed by atoms with Gasteiger partial charge in [-0.25, -0.2) is 9.59 Å². The van der Waals surface area contributed by atoms with Gasteiger partial charge in [0.25, 0.3) is 0 Å². The number of aromatic nitrogens is 2. The molecule has 1 N–H and O–H groups in total. The van der Waals surface area contributed by atoms with Crippen molar-refractivity contribution in [2.75, 3.05) is 50.7 Å². The van der Waals surface area contributed by atoms with Gasteiger partial charge < -0.3 is 14.5 Å². The van der Waals surface area contributed by atoms with E-state index in [0.29, 0.717) is 30.9 Å². The second-order valence-corrected chi connectivity index (χ2v) is 12.0. The Balaban J connectivity index is 1.17. The van der Waals surface area contributed by atoms with Gasteiger partial charge >= 0.3 is 11.8 Å². The van der Waals surface area contributed by atoms with Gasteiger partial charge in [0.05, 0.1) is 11.0 Å². The molecule has 0 radical (unpaired) electrons. The third-order valence-corrected chi connectivity index (χ3v) is 8.11. The number of imidazole rings is 1. The molecule has 11 heteroatoms. The van der Waals surface area contributed by atoms with Crippen LogP contribution in [0, 0.1) is 5.92 Å². The maximum atomic E-state index is 13.1. The first-order valence-corrected chi connectivity index (χ1v) is 14.0. The predicted molar refractivity (Wildman–Crippen MR) is 148 cm³/mol. The van der Waals surface area contributed by atoms with E-state index in [-0.39, 0.29) is 24.1 Å². The monoisotopic (exact) mass is 540 g/mol. The molecule has 5 rings (SSSR count). The molecule has 11 nitrogen and oxygen atoms in total. The van der Waals surface area contributed by atoms with Gasteiger partial charge in [0.15, 0.2) is 0 Å². The van der Waals surface area contributed by atoms with Crippen LogP contribution in [0.2, 0.25) is 0 Å². The minimum absolute atomic E-state index is 0.225. The Morgan fingerprint density at radius 1 is 0.974 bits per heavy atom. The zero-order chi connectivity index (χ0) is 27.9. The fraction of sp³-hybridized carbons (Fsp3) is 0.643. The highest BCUT2D eigenvalue weighted by Gasteiger charge is 2.32. The summed E-state index contributed by atoms with van der Waals surface area (Å²) in [4.78, 5) is 56.1. The van der Waals surface area contributed by atoms with Crippen LogP contribution in [0.5, 0.6) is 0 Å². The molecule has 39 heavy (non-hydrogen) atoms. The molecule has 0 bridgehead atoms. The number of aryl methyl sites for hydroxylation is 1. The molecule has 212 valence electrons. The Labute approximate surface area is 228 Å². The van der Waals surface area contributed by atoms with Crippen molar-refractivity contribution >= 4 is 34.6 Å². The van der Waals surface area contributed by atoms with E-state index in [0.717, 1.165) is 56.8 Å². The minimum Gasteiger partial charge on any atom is -0.444 e. The first-order valence-electron chi connectivity index (χ1n) is 14.0. The Morgan fingerprint density at radius 2 is 1.67 bits per heavy atom. The largest absolute Gasteiger partial charge is 0.444 e. The molecule has 0 saturated carbocycles. The normalized spacial score (nSPS) is 21.9. The highest BCUT2D eigenvalue weighted by molar-refractivity contribution is 6.00. The van der Waals surface area contributed by atoms with Crippen molar-refractivity contribution in [3.05, 3.63) is 28.7 Å². The number of nitrogens with one attached hydrogen (secondary N) is 1. The minimum atomic E-state index is -0.675. The summed E-state index contributed by atoms with van der Waals surface area (Å²) in [5.74, 6) is -0.104. The topological polar surface area (TPSA) is 109 Å². The van der Waals surface area contributed by atoms with Crippen LogP contribution in [0.25, 0.3) is 11.0 Å². The highest BCUT2D eigenvalue weighted by Crippen LogP contribution is 2.29. The third-order valence-electron chi connectivity index (χ3n) is 8.11. The molecule has 1 unspecified atom stereocenters. The molecule has 3 aliphatic rings. The maximum absolute atomic E-state index is 13.1. The van der Waals surface area contributed by atoms with Crippen molar-refractivity contribution in [3.63, 3.8) is 0 Å². The molecule has 1 atom stereocenters. The lowest BCUT2D eigenvalue weighted by molar-refractivity contribution is -0.135. The molecular formula is C28H40N6O5. The summed E-state index contributed by atoms with van der Waals surface area (Å²) in [5, 5.41) is 2.36. The SMILES string of the molecule is Cn1c(=O)n(C2CCC(=O)NC2=O)c2ccc(N3CCC(CN4CCN(C(=O)OC(C)(C)C)CC4)CC3)cc21. The van der Waals surface area contributed by atoms with E-state index in [9.17, 15) is 19.2 Å². The summed E-state index contributed by atoms with van der Waals surface area (Å²) in [7, 11) is 1.73. The van der Waals surface area contributed by atoms with Crippen LogP contribution >= 0.6 is 0 Å². The summed E-state index contributed by atoms with van der Waals surface area (Å²) < 4.78 is 8.62. The first kappa shape index (κ1) is 27.2. The fourth-order valence-electron chi connectivity index (χ4n) is 5.96. The van der Waals surface area contributed by atoms with E-state index in [2.05, 4.69) is 15.1 Å². The van der Waals surface area contributed by atoms with Crippen molar-refractivity contribution in [2.45, 2.75) is 58.1 Å². The number of piperazine rings is 1. The number of nitrogens with zero attached hydrogens (tertiary/aromatic N) is 5. The summed E-state index contributed by atoms with van der Waals surface area (Å²) in [6.07, 6.45) is 2.50. The van der Waals surface area contributed by atoms with E-state index in [1.165, 1.54) is 4.57 Å². The second kappa shape index (κ2) is 10.7. The number of hydrogen-bond donors (Lipinski definition) is 1. The van der Waals surface area contributed by atoms with Crippen molar-refractivity contribution < 1.29 is 19.1 Å². The number of anilines is 1. The van der Waals surface area contributed by atoms with E-state index in [4.69, 9.17) is 4.74 Å². The number of fused-ring (bicyclic) bond motifs is 1. The van der Waals surface area contributed by atoms with Gasteiger partial charge in [-0.15, -0.1) is 0 Å². The molecule has 2 aromatic rings. The molecule has 3 fully saturated rings. The number of carbonyl (C=O) groups is 3. The fourth-order valence-corrected chi connectivity index (χ4v) is 5.96. The van der Waals surface area contributed by atoms with Crippen LogP contribution in [-0.2, 0) is 21.4 Å². The number of rotatable bonds is 4. The molecule has 0 aliphatic carbocycles. The standard InChI is InChI=1S/C28H40N6O5/c1-28(2,3)39-27(38)33-15-13-31(14-16-33)18-19-9-11-32(12-10-19)20-5-6-21-23(17-20)30(4)26(37)34(21)22-7-8-24(35)29-25(22)36/h5-6,17,19,22H,7-16,18H2,1-4H3,(H,29,35,36). The van der Waals surface area contributed by atoms with Crippen LogP contribution in [0.1, 0.15) is 52.5 Å². The number of hydrogen-bond acceptors (Lipinski definition) is 7. The molecule has 0 spiro atoms. The van der Waals surface area contributed by atoms with Crippen molar-refractivity contribution in [3.8, 4) is 0 Å². The van der Waals surface area contributed by atoms with Crippen molar-refractivity contribution in [1.82, 2.24) is 24.3 Å². The van der Waals surface area contributed by atoms with E-state index < -0.39 is 17.6 Å². The van der Waals surface area contributed by atoms with Gasteiger partial charge in [-0.1, -0.05) is 0 Å². The zero-order valence-corrected chi connectivity index (χ0v) is 23.4. The number of carbonyl (C=O) groups excluding carboxylic acids is 3. The van der Waals surface area contributed by atoms with Gasteiger partial charge in [0.1, 0.15) is 11.6 Å². The van der Waals surface area contributed by atoms with Crippen LogP contribution in [0.3, 0.4) is 0 Å². The predicted octanol–water partition coefficient (Wildman–Crippen LogP) is 2.09. The van der Waals surface area contributed by atoms with Gasteiger partial charge in [-0.2, -0.15) is 0 Å². The zero-order valence-electron chi connectivity index (χ0n) is 23.4. The molecule has 3 aliphatic heterocycles. The smallest absolute Gasteiger partial charge is 0.410 e. The first-order chi connectivity index (χ1) is 18.5. The van der Waals surface area contributed by atoms with Gasteiger partial charge in [0.2, 0.25) is 11.8 Å². The van der Waals surface area contributed by atoms with Crippen molar-refractivity contribution in [2.24, 2.45) is 13.0 Å². The van der Waals surface area contributed by atoms with Crippen LogP contribution in [0.15, 0.2) is 23.0 Å². The molecule has 4 heterocycles. The summed E-state index contributed by atoms with van der Waals surface area (Å²) in [5.41, 5.74) is 1.84. The summed E-state index contributed by atoms with van der Waals surface area (Å²) in [6.45, 7) is 11.7. The second-order valence-electron chi connectivity index (χ2n) is 12.0. The molecule has 1 aromatic carbocycles. The summed E-state index contributed by atoms with van der Waals surface area (Å²) >= 11 is 0. The Hall–Kier alpha value is -3.34. The lowest BCUT2D eigenvalue weighted by atomic mass is 9.95. The van der Waals surface area contributed by atoms with Crippen LogP contribution in [-0.4, -0.2) is 88.3 Å². The van der Waals surface area contributed by atoms with E-state index in [1.54, 1.807) is 16.5 Å². The van der Waals surface area contributed by atoms with Crippen LogP contribution in [0.4, 0.5) is 10.5 Å². The maximum Gasteiger partial charge on any atom is 0.410 e. The van der Waals surface area contributed by atoms with Gasteiger partial charge in [-0.3, -0.25) is 28.9 Å². The Bertz CT molecular complexity index is 1310. The number of imide groups is 1. The van der Waals surface area contributed by atoms with E-state index in [1.807, 2.05) is 39.0 Å². The summed E-state index contributed by atoms with van der Waals surface area (Å²) in [6, 6.07) is 5.31. The van der Waals surface area contributed by atoms with Crippen LogP contribution < -0.4 is 15.9 Å². The number of benzene rings is 1. The average molecular weight is 541 g/mol. The Kier molecular flexibility index (Phi) is 7.45.